The Morgan fingerprint density at radius 3 is 3.00 bits per heavy atom. The van der Waals surface area contributed by atoms with Crippen LogP contribution in [0.15, 0.2) is 46.8 Å². The van der Waals surface area contributed by atoms with Gasteiger partial charge in [-0.2, -0.15) is 0 Å². The molecule has 0 bridgehead atoms. The van der Waals surface area contributed by atoms with Crippen LogP contribution in [-0.4, -0.2) is 43.7 Å². The maximum absolute atomic E-state index is 12.9. The summed E-state index contributed by atoms with van der Waals surface area (Å²) in [4.78, 5) is 43.1. The Bertz CT molecular complexity index is 1110. The molecular formula is C23H25N5O2S. The molecule has 1 amide bonds. The summed E-state index contributed by atoms with van der Waals surface area (Å²) in [6.07, 6.45) is 6.55. The van der Waals surface area contributed by atoms with Crippen LogP contribution in [0.1, 0.15) is 46.4 Å². The first-order valence-electron chi connectivity index (χ1n) is 10.7. The number of H-pyrrole nitrogens is 1. The molecule has 5 heterocycles. The molecule has 5 rings (SSSR count). The van der Waals surface area contributed by atoms with Crippen molar-refractivity contribution < 1.29 is 4.79 Å². The highest BCUT2D eigenvalue weighted by Gasteiger charge is 2.33. The van der Waals surface area contributed by atoms with E-state index in [9.17, 15) is 9.59 Å². The fourth-order valence-electron chi connectivity index (χ4n) is 4.56. The van der Waals surface area contributed by atoms with Crippen molar-refractivity contribution in [3.05, 3.63) is 79.9 Å². The first-order valence-corrected chi connectivity index (χ1v) is 11.6. The van der Waals surface area contributed by atoms with E-state index in [-0.39, 0.29) is 17.5 Å². The summed E-state index contributed by atoms with van der Waals surface area (Å²) in [5.41, 5.74) is 2.68. The molecule has 7 nitrogen and oxygen atoms in total. The molecule has 8 heteroatoms. The molecule has 3 aromatic rings. The van der Waals surface area contributed by atoms with Crippen LogP contribution in [0.4, 0.5) is 0 Å². The Morgan fingerprint density at radius 2 is 2.19 bits per heavy atom. The van der Waals surface area contributed by atoms with Crippen LogP contribution in [0, 0.1) is 0 Å². The topological polar surface area (TPSA) is 82.2 Å². The zero-order valence-corrected chi connectivity index (χ0v) is 18.1. The molecule has 2 aliphatic heterocycles. The van der Waals surface area contributed by atoms with Crippen LogP contribution in [-0.2, 0) is 30.7 Å². The standard InChI is InChI=1S/C23H25N5O2S/c29-21(12-17-5-3-11-31-17)28-9-2-6-20(28)22-25-19-7-10-27(15-18(19)23(30)26-22)14-16-4-1-8-24-13-16/h1,3-5,8,11,13,20H,2,6-7,9-10,12,14-15H2,(H,25,26,30)/t20-/m0/s1. The summed E-state index contributed by atoms with van der Waals surface area (Å²) in [6, 6.07) is 7.80. The van der Waals surface area contributed by atoms with Gasteiger partial charge in [0.1, 0.15) is 5.82 Å². The van der Waals surface area contributed by atoms with Crippen molar-refractivity contribution >= 4 is 17.2 Å². The molecule has 1 atom stereocenters. The molecule has 31 heavy (non-hydrogen) atoms. The van der Waals surface area contributed by atoms with Crippen LogP contribution in [0.5, 0.6) is 0 Å². The first-order chi connectivity index (χ1) is 15.2. The second-order valence-corrected chi connectivity index (χ2v) is 9.23. The van der Waals surface area contributed by atoms with Gasteiger partial charge in [0.15, 0.2) is 0 Å². The van der Waals surface area contributed by atoms with E-state index in [2.05, 4.69) is 20.9 Å². The number of amides is 1. The molecule has 1 N–H and O–H groups in total. The largest absolute Gasteiger partial charge is 0.332 e. The minimum Gasteiger partial charge on any atom is -0.332 e. The molecule has 0 spiro atoms. The summed E-state index contributed by atoms with van der Waals surface area (Å²) in [7, 11) is 0. The third-order valence-electron chi connectivity index (χ3n) is 6.09. The summed E-state index contributed by atoms with van der Waals surface area (Å²) >= 11 is 1.60. The number of pyridine rings is 1. The molecule has 0 aliphatic carbocycles. The van der Waals surface area contributed by atoms with E-state index in [1.807, 2.05) is 34.7 Å². The van der Waals surface area contributed by atoms with Gasteiger partial charge < -0.3 is 9.88 Å². The smallest absolute Gasteiger partial charge is 0.255 e. The van der Waals surface area contributed by atoms with Crippen molar-refractivity contribution in [2.24, 2.45) is 0 Å². The lowest BCUT2D eigenvalue weighted by atomic mass is 10.1. The van der Waals surface area contributed by atoms with Gasteiger partial charge in [-0.15, -0.1) is 11.3 Å². The quantitative estimate of drug-likeness (QED) is 0.666. The van der Waals surface area contributed by atoms with E-state index >= 15 is 0 Å². The van der Waals surface area contributed by atoms with Crippen molar-refractivity contribution in [1.82, 2.24) is 24.8 Å². The third kappa shape index (κ3) is 4.31. The second-order valence-electron chi connectivity index (χ2n) is 8.20. The number of nitrogens with zero attached hydrogens (tertiary/aromatic N) is 4. The third-order valence-corrected chi connectivity index (χ3v) is 6.97. The monoisotopic (exact) mass is 435 g/mol. The number of hydrogen-bond donors (Lipinski definition) is 1. The molecule has 0 radical (unpaired) electrons. The Balaban J connectivity index is 1.33. The average Bonchev–Trinajstić information content (AvgIpc) is 3.47. The molecule has 2 aliphatic rings. The number of carbonyl (C=O) groups is 1. The van der Waals surface area contributed by atoms with E-state index < -0.39 is 0 Å². The Hall–Kier alpha value is -2.84. The minimum atomic E-state index is -0.140. The van der Waals surface area contributed by atoms with Crippen molar-refractivity contribution in [3.63, 3.8) is 0 Å². The number of rotatable bonds is 5. The van der Waals surface area contributed by atoms with Gasteiger partial charge in [-0.25, -0.2) is 4.98 Å². The summed E-state index contributed by atoms with van der Waals surface area (Å²) in [5, 5.41) is 1.99. The molecular weight excluding hydrogens is 410 g/mol. The number of aromatic amines is 1. The van der Waals surface area contributed by atoms with Crippen LogP contribution in [0.25, 0.3) is 0 Å². The van der Waals surface area contributed by atoms with Crippen LogP contribution >= 0.6 is 11.3 Å². The lowest BCUT2D eigenvalue weighted by molar-refractivity contribution is -0.131. The second kappa shape index (κ2) is 8.72. The highest BCUT2D eigenvalue weighted by molar-refractivity contribution is 7.10. The fourth-order valence-corrected chi connectivity index (χ4v) is 5.25. The lowest BCUT2D eigenvalue weighted by Gasteiger charge is -2.29. The maximum atomic E-state index is 12.9. The highest BCUT2D eigenvalue weighted by Crippen LogP contribution is 2.31. The number of hydrogen-bond acceptors (Lipinski definition) is 6. The number of thiophene rings is 1. The molecule has 3 aromatic heterocycles. The predicted molar refractivity (Wildman–Crippen MR) is 119 cm³/mol. The van der Waals surface area contributed by atoms with E-state index in [4.69, 9.17) is 4.98 Å². The van der Waals surface area contributed by atoms with Gasteiger partial charge in [-0.3, -0.25) is 19.5 Å². The van der Waals surface area contributed by atoms with E-state index in [0.717, 1.165) is 54.0 Å². The Labute approximate surface area is 184 Å². The van der Waals surface area contributed by atoms with E-state index in [0.29, 0.717) is 25.3 Å². The summed E-state index contributed by atoms with van der Waals surface area (Å²) < 4.78 is 0. The van der Waals surface area contributed by atoms with E-state index in [1.165, 1.54) is 0 Å². The molecule has 0 saturated carbocycles. The first kappa shape index (κ1) is 20.1. The SMILES string of the molecule is O=C(Cc1cccs1)N1CCC[C@H]1c1nc2c(c(=O)[nH]1)CN(Cc1cccnc1)CC2. The summed E-state index contributed by atoms with van der Waals surface area (Å²) in [5.74, 6) is 0.745. The van der Waals surface area contributed by atoms with Crippen molar-refractivity contribution in [1.29, 1.82) is 0 Å². The maximum Gasteiger partial charge on any atom is 0.255 e. The lowest BCUT2D eigenvalue weighted by Crippen LogP contribution is -2.38. The van der Waals surface area contributed by atoms with Crippen LogP contribution in [0.2, 0.25) is 0 Å². The number of likely N-dealkylation sites (tertiary alicyclic amines) is 1. The zero-order valence-electron chi connectivity index (χ0n) is 17.3. The molecule has 0 aromatic carbocycles. The van der Waals surface area contributed by atoms with Gasteiger partial charge >= 0.3 is 0 Å². The van der Waals surface area contributed by atoms with Gasteiger partial charge in [0.05, 0.1) is 23.7 Å². The number of carbonyl (C=O) groups excluding carboxylic acids is 1. The summed E-state index contributed by atoms with van der Waals surface area (Å²) in [6.45, 7) is 2.92. The Morgan fingerprint density at radius 1 is 1.26 bits per heavy atom. The highest BCUT2D eigenvalue weighted by atomic mass is 32.1. The number of nitrogens with one attached hydrogen (secondary N) is 1. The van der Waals surface area contributed by atoms with Gasteiger partial charge in [0.25, 0.3) is 5.56 Å². The molecule has 0 unspecified atom stereocenters. The normalized spacial score (nSPS) is 18.8. The van der Waals surface area contributed by atoms with E-state index in [1.54, 1.807) is 17.5 Å². The van der Waals surface area contributed by atoms with Crippen molar-refractivity contribution in [2.75, 3.05) is 13.1 Å². The molecule has 1 fully saturated rings. The molecule has 1 saturated heterocycles. The number of aromatic nitrogens is 3. The number of fused-ring (bicyclic) bond motifs is 1. The van der Waals surface area contributed by atoms with Gasteiger partial charge in [0.2, 0.25) is 5.91 Å². The minimum absolute atomic E-state index is 0.0755. The van der Waals surface area contributed by atoms with Gasteiger partial charge in [-0.1, -0.05) is 12.1 Å². The predicted octanol–water partition coefficient (Wildman–Crippen LogP) is 2.69. The van der Waals surface area contributed by atoms with Gasteiger partial charge in [0, 0.05) is 49.9 Å². The van der Waals surface area contributed by atoms with Crippen LogP contribution in [0.3, 0.4) is 0 Å². The van der Waals surface area contributed by atoms with Crippen molar-refractivity contribution in [2.45, 2.75) is 44.8 Å². The van der Waals surface area contributed by atoms with Gasteiger partial charge in [-0.05, 0) is 35.9 Å². The van der Waals surface area contributed by atoms with Crippen molar-refractivity contribution in [3.8, 4) is 0 Å². The molecule has 160 valence electrons. The zero-order chi connectivity index (χ0) is 21.2. The average molecular weight is 436 g/mol. The van der Waals surface area contributed by atoms with Crippen LogP contribution < -0.4 is 5.56 Å². The fraction of sp³-hybridized carbons (Fsp3) is 0.391. The Kier molecular flexibility index (Phi) is 5.65.